The molecule has 2 N–H and O–H groups in total. The fraction of sp³-hybridized carbons (Fsp3) is 0.591. The van der Waals surface area contributed by atoms with Crippen LogP contribution in [-0.4, -0.2) is 78.6 Å². The number of urea groups is 1. The first-order valence-corrected chi connectivity index (χ1v) is 10.8. The average molecular weight is 417 g/mol. The summed E-state index contributed by atoms with van der Waals surface area (Å²) in [7, 11) is 0. The van der Waals surface area contributed by atoms with Crippen molar-refractivity contribution in [2.45, 2.75) is 38.1 Å². The molecule has 3 aliphatic rings. The molecule has 0 unspecified atom stereocenters. The number of fused-ring (bicyclic) bond motifs is 1. The Kier molecular flexibility index (Phi) is 8.07. The second-order valence-corrected chi connectivity index (χ2v) is 8.10. The summed E-state index contributed by atoms with van der Waals surface area (Å²) in [4.78, 5) is 39.5. The third-order valence-corrected chi connectivity index (χ3v) is 6.32. The molecular weight excluding hydrogens is 384 g/mol. The molecule has 8 heteroatoms. The predicted octanol–water partition coefficient (Wildman–Crippen LogP) is 2.01. The predicted molar refractivity (Wildman–Crippen MR) is 114 cm³/mol. The lowest BCUT2D eigenvalue weighted by molar-refractivity contribution is -0.123. The van der Waals surface area contributed by atoms with E-state index >= 15 is 0 Å². The quantitative estimate of drug-likeness (QED) is 0.736. The summed E-state index contributed by atoms with van der Waals surface area (Å²) in [5, 5.41) is 10.0. The smallest absolute Gasteiger partial charge is 0.317 e. The highest BCUT2D eigenvalue weighted by Crippen LogP contribution is 2.30. The zero-order valence-corrected chi connectivity index (χ0v) is 17.4. The maximum atomic E-state index is 12.6. The molecule has 0 saturated carbocycles. The van der Waals surface area contributed by atoms with Crippen molar-refractivity contribution < 1.29 is 19.5 Å². The van der Waals surface area contributed by atoms with E-state index in [1.165, 1.54) is 45.2 Å². The molecule has 0 bridgehead atoms. The molecular formula is C22H32N4O4. The molecule has 3 aliphatic heterocycles. The number of benzene rings is 1. The van der Waals surface area contributed by atoms with Crippen LogP contribution in [0.15, 0.2) is 30.3 Å². The molecule has 1 aromatic rings. The van der Waals surface area contributed by atoms with Crippen LogP contribution >= 0.6 is 0 Å². The van der Waals surface area contributed by atoms with Crippen LogP contribution in [-0.2, 0) is 9.59 Å². The molecule has 3 fully saturated rings. The van der Waals surface area contributed by atoms with Gasteiger partial charge in [0.2, 0.25) is 5.91 Å². The molecule has 4 rings (SSSR count). The number of piperidine rings is 2. The van der Waals surface area contributed by atoms with Gasteiger partial charge in [0.25, 0.3) is 6.47 Å². The van der Waals surface area contributed by atoms with Crippen molar-refractivity contribution in [1.82, 2.24) is 15.1 Å². The van der Waals surface area contributed by atoms with E-state index in [9.17, 15) is 9.59 Å². The molecule has 0 radical (unpaired) electrons. The van der Waals surface area contributed by atoms with Crippen molar-refractivity contribution in [2.75, 3.05) is 44.2 Å². The summed E-state index contributed by atoms with van der Waals surface area (Å²) in [5.74, 6) is 0.531. The van der Waals surface area contributed by atoms with Gasteiger partial charge in [-0.25, -0.2) is 4.79 Å². The van der Waals surface area contributed by atoms with Crippen LogP contribution in [0.5, 0.6) is 0 Å². The Morgan fingerprint density at radius 3 is 2.53 bits per heavy atom. The molecule has 0 aromatic heterocycles. The molecule has 30 heavy (non-hydrogen) atoms. The van der Waals surface area contributed by atoms with Crippen molar-refractivity contribution in [1.29, 1.82) is 0 Å². The molecule has 8 nitrogen and oxygen atoms in total. The van der Waals surface area contributed by atoms with E-state index in [0.29, 0.717) is 25.0 Å². The lowest BCUT2D eigenvalue weighted by Gasteiger charge is -2.44. The Hall–Kier alpha value is -2.61. The molecule has 3 saturated heterocycles. The third-order valence-electron chi connectivity index (χ3n) is 6.32. The normalized spacial score (nSPS) is 24.3. The topological polar surface area (TPSA) is 93.2 Å². The maximum absolute atomic E-state index is 12.6. The Morgan fingerprint density at radius 1 is 1.07 bits per heavy atom. The van der Waals surface area contributed by atoms with Gasteiger partial charge in [-0.15, -0.1) is 0 Å². The summed E-state index contributed by atoms with van der Waals surface area (Å²) in [6.45, 7) is 4.19. The van der Waals surface area contributed by atoms with Crippen LogP contribution < -0.4 is 10.2 Å². The fourth-order valence-electron chi connectivity index (χ4n) is 4.87. The number of hydrogen-bond donors (Lipinski definition) is 2. The lowest BCUT2D eigenvalue weighted by Crippen LogP contribution is -2.56. The highest BCUT2D eigenvalue weighted by atomic mass is 16.3. The first-order chi connectivity index (χ1) is 14.6. The van der Waals surface area contributed by atoms with Crippen molar-refractivity contribution >= 4 is 24.1 Å². The van der Waals surface area contributed by atoms with Gasteiger partial charge in [0, 0.05) is 31.4 Å². The Morgan fingerprint density at radius 2 is 1.80 bits per heavy atom. The van der Waals surface area contributed by atoms with Gasteiger partial charge in [0.1, 0.15) is 6.54 Å². The van der Waals surface area contributed by atoms with Gasteiger partial charge in [-0.3, -0.25) is 9.59 Å². The van der Waals surface area contributed by atoms with Crippen LogP contribution in [0.3, 0.4) is 0 Å². The zero-order valence-electron chi connectivity index (χ0n) is 17.4. The second kappa shape index (κ2) is 11.0. The molecule has 3 amide bonds. The van der Waals surface area contributed by atoms with Gasteiger partial charge in [-0.2, -0.15) is 0 Å². The van der Waals surface area contributed by atoms with Crippen LogP contribution in [0.2, 0.25) is 0 Å². The molecule has 164 valence electrons. The number of hydrogen-bond acceptors (Lipinski definition) is 4. The van der Waals surface area contributed by atoms with Gasteiger partial charge in [-0.05, 0) is 56.8 Å². The van der Waals surface area contributed by atoms with E-state index in [1.54, 1.807) is 9.80 Å². The minimum Gasteiger partial charge on any atom is -0.483 e. The van der Waals surface area contributed by atoms with E-state index in [0.717, 1.165) is 12.2 Å². The van der Waals surface area contributed by atoms with E-state index in [1.807, 2.05) is 30.3 Å². The minimum absolute atomic E-state index is 0.0151. The highest BCUT2D eigenvalue weighted by molar-refractivity contribution is 5.97. The van der Waals surface area contributed by atoms with Crippen LogP contribution in [0.4, 0.5) is 10.5 Å². The first-order valence-electron chi connectivity index (χ1n) is 10.8. The van der Waals surface area contributed by atoms with Crippen molar-refractivity contribution in [3.05, 3.63) is 30.3 Å². The number of rotatable bonds is 3. The summed E-state index contributed by atoms with van der Waals surface area (Å²) in [6.07, 6.45) is 6.30. The van der Waals surface area contributed by atoms with E-state index in [2.05, 4.69) is 10.2 Å². The van der Waals surface area contributed by atoms with Gasteiger partial charge < -0.3 is 25.1 Å². The van der Waals surface area contributed by atoms with Gasteiger partial charge in [-0.1, -0.05) is 24.6 Å². The average Bonchev–Trinajstić information content (AvgIpc) is 2.78. The number of carbonyl (C=O) groups is 3. The second-order valence-electron chi connectivity index (χ2n) is 8.10. The molecule has 0 spiro atoms. The minimum atomic E-state index is -0.250. The lowest BCUT2D eigenvalue weighted by atomic mass is 9.83. The number of piperazine rings is 1. The first kappa shape index (κ1) is 22.1. The fourth-order valence-corrected chi connectivity index (χ4v) is 4.87. The van der Waals surface area contributed by atoms with Gasteiger partial charge >= 0.3 is 6.03 Å². The summed E-state index contributed by atoms with van der Waals surface area (Å²) >= 11 is 0. The Labute approximate surface area is 177 Å². The molecule has 2 atom stereocenters. The van der Waals surface area contributed by atoms with Crippen molar-refractivity contribution in [3.63, 3.8) is 0 Å². The van der Waals surface area contributed by atoms with Gasteiger partial charge in [0.05, 0.1) is 0 Å². The molecule has 3 heterocycles. The van der Waals surface area contributed by atoms with Gasteiger partial charge in [0.15, 0.2) is 0 Å². The number of anilines is 1. The summed E-state index contributed by atoms with van der Waals surface area (Å²) < 4.78 is 0. The maximum Gasteiger partial charge on any atom is 0.317 e. The molecule has 0 aliphatic carbocycles. The summed E-state index contributed by atoms with van der Waals surface area (Å²) in [5.41, 5.74) is 0.905. The van der Waals surface area contributed by atoms with Crippen LogP contribution in [0.1, 0.15) is 32.1 Å². The largest absolute Gasteiger partial charge is 0.483 e. The van der Waals surface area contributed by atoms with Crippen molar-refractivity contribution in [3.8, 4) is 0 Å². The van der Waals surface area contributed by atoms with E-state index in [-0.39, 0.29) is 25.0 Å². The number of carboxylic acid groups (broad SMARTS) is 1. The SMILES string of the molecule is O=C(NC[C@@H]1CCCN2CCCC[C@H]12)N1CCN(c2ccccc2)C(=O)C1.O=CO. The van der Waals surface area contributed by atoms with Crippen LogP contribution in [0.25, 0.3) is 0 Å². The third kappa shape index (κ3) is 5.50. The number of nitrogens with zero attached hydrogens (tertiary/aromatic N) is 3. The highest BCUT2D eigenvalue weighted by Gasteiger charge is 2.34. The van der Waals surface area contributed by atoms with E-state index < -0.39 is 0 Å². The molecule has 1 aromatic carbocycles. The Bertz CT molecular complexity index is 712. The summed E-state index contributed by atoms with van der Waals surface area (Å²) in [6, 6.07) is 10.2. The number of para-hydroxylation sites is 1. The van der Waals surface area contributed by atoms with E-state index in [4.69, 9.17) is 9.90 Å². The monoisotopic (exact) mass is 416 g/mol. The number of amides is 3. The van der Waals surface area contributed by atoms with Crippen molar-refractivity contribution in [2.24, 2.45) is 5.92 Å². The number of nitrogens with one attached hydrogen (secondary N) is 1. The Balaban J connectivity index is 0.000000806. The zero-order chi connectivity index (χ0) is 21.3. The van der Waals surface area contributed by atoms with Crippen LogP contribution in [0, 0.1) is 5.92 Å². The standard InChI is InChI=1S/C21H30N4O2.CH2O2/c26-20-16-24(13-14-25(20)18-8-2-1-3-9-18)21(27)22-15-17-7-6-12-23-11-5-4-10-19(17)23;2-1-3/h1-3,8-9,17,19H,4-7,10-16H2,(H,22,27);1H,(H,2,3)/t17-,19+;/m0./s1. The number of carbonyl (C=O) groups excluding carboxylic acids is 2.